The Kier molecular flexibility index (Phi) is 2.44. The Morgan fingerprint density at radius 1 is 1.31 bits per heavy atom. The van der Waals surface area contributed by atoms with Gasteiger partial charge in [-0.3, -0.25) is 4.57 Å². The Hall–Kier alpha value is -0.330. The second-order valence-corrected chi connectivity index (χ2v) is 6.34. The fourth-order valence-corrected chi connectivity index (χ4v) is 4.43. The summed E-state index contributed by atoms with van der Waals surface area (Å²) in [5.41, 5.74) is 1.15. The van der Waals surface area contributed by atoms with Crippen LogP contribution >= 0.6 is 7.29 Å². The first kappa shape index (κ1) is 9.23. The molecule has 13 heavy (non-hydrogen) atoms. The van der Waals surface area contributed by atoms with E-state index in [1.54, 1.807) is 0 Å². The highest BCUT2D eigenvalue weighted by Crippen LogP contribution is 2.57. The van der Waals surface area contributed by atoms with Crippen LogP contribution in [0.4, 0.5) is 0 Å². The summed E-state index contributed by atoms with van der Waals surface area (Å²) in [6, 6.07) is 0. The van der Waals surface area contributed by atoms with Gasteiger partial charge in [0.05, 0.1) is 0 Å². The highest BCUT2D eigenvalue weighted by Gasteiger charge is 2.28. The molecule has 2 aliphatic rings. The maximum absolute atomic E-state index is 12.3. The normalized spacial score (nSPS) is 35.0. The molecular formula is C10H16NOP. The Morgan fingerprint density at radius 2 is 2.00 bits per heavy atom. The van der Waals surface area contributed by atoms with Crippen molar-refractivity contribution in [2.45, 2.75) is 26.2 Å². The number of allylic oxidation sites excluding steroid dienone is 2. The summed E-state index contributed by atoms with van der Waals surface area (Å²) in [6.45, 7) is 4.02. The predicted molar refractivity (Wildman–Crippen MR) is 55.9 cm³/mol. The van der Waals surface area contributed by atoms with Crippen LogP contribution in [0.25, 0.3) is 0 Å². The summed E-state index contributed by atoms with van der Waals surface area (Å²) < 4.78 is 14.5. The minimum Gasteiger partial charge on any atom is -0.298 e. The van der Waals surface area contributed by atoms with Gasteiger partial charge in [0.2, 0.25) is 0 Å². The Bertz CT molecular complexity index is 300. The molecule has 0 N–H and O–H groups in total. The fourth-order valence-electron chi connectivity index (χ4n) is 1.97. The highest BCUT2D eigenvalue weighted by molar-refractivity contribution is 7.68. The summed E-state index contributed by atoms with van der Waals surface area (Å²) in [5.74, 6) is 3.84. The van der Waals surface area contributed by atoms with E-state index < -0.39 is 7.29 Å². The molecule has 0 amide bonds. The average molecular weight is 197 g/mol. The zero-order valence-corrected chi connectivity index (χ0v) is 8.96. The molecule has 0 aromatic carbocycles. The molecule has 0 radical (unpaired) electrons. The quantitative estimate of drug-likeness (QED) is 0.602. The first-order valence-electron chi connectivity index (χ1n) is 4.94. The van der Waals surface area contributed by atoms with E-state index in [1.807, 2.05) is 24.6 Å². The fraction of sp³-hybridized carbons (Fsp3) is 0.600. The first-order chi connectivity index (χ1) is 6.21. The predicted octanol–water partition coefficient (Wildman–Crippen LogP) is 3.18. The van der Waals surface area contributed by atoms with Gasteiger partial charge < -0.3 is 0 Å². The van der Waals surface area contributed by atoms with Crippen LogP contribution < -0.4 is 0 Å². The van der Waals surface area contributed by atoms with Crippen LogP contribution in [0.3, 0.4) is 0 Å². The van der Waals surface area contributed by atoms with E-state index in [0.717, 1.165) is 18.7 Å². The Labute approximate surface area is 79.7 Å². The number of hydrogen-bond donors (Lipinski definition) is 0. The number of rotatable bonds is 1. The maximum atomic E-state index is 12.3. The molecule has 0 aliphatic carbocycles. The number of piperidine rings is 1. The molecule has 3 heteroatoms. The Morgan fingerprint density at radius 3 is 2.54 bits per heavy atom. The zero-order valence-electron chi connectivity index (χ0n) is 8.07. The molecule has 72 valence electrons. The molecule has 2 heterocycles. The van der Waals surface area contributed by atoms with E-state index >= 15 is 0 Å². The van der Waals surface area contributed by atoms with Crippen LogP contribution in [0.5, 0.6) is 0 Å². The summed E-state index contributed by atoms with van der Waals surface area (Å²) in [5, 5.41) is 0. The van der Waals surface area contributed by atoms with Crippen molar-refractivity contribution in [1.82, 2.24) is 4.67 Å². The van der Waals surface area contributed by atoms with Gasteiger partial charge in [-0.15, -0.1) is 0 Å². The molecule has 1 saturated heterocycles. The number of nitrogens with zero attached hydrogens (tertiary/aromatic N) is 1. The second-order valence-electron chi connectivity index (χ2n) is 3.88. The van der Waals surface area contributed by atoms with E-state index in [4.69, 9.17) is 0 Å². The van der Waals surface area contributed by atoms with Crippen LogP contribution in [0.15, 0.2) is 23.3 Å². The molecule has 1 fully saturated rings. The summed E-state index contributed by atoms with van der Waals surface area (Å²) in [7, 11) is -2.21. The van der Waals surface area contributed by atoms with E-state index in [9.17, 15) is 4.57 Å². The van der Waals surface area contributed by atoms with Gasteiger partial charge in [0, 0.05) is 13.1 Å². The van der Waals surface area contributed by atoms with Crippen molar-refractivity contribution in [1.29, 1.82) is 0 Å². The maximum Gasteiger partial charge on any atom is 0.193 e. The molecule has 2 nitrogen and oxygen atoms in total. The van der Waals surface area contributed by atoms with E-state index in [0.29, 0.717) is 0 Å². The van der Waals surface area contributed by atoms with Crippen molar-refractivity contribution >= 4 is 7.29 Å². The molecular weight excluding hydrogens is 181 g/mol. The molecule has 0 spiro atoms. The van der Waals surface area contributed by atoms with Gasteiger partial charge >= 0.3 is 0 Å². The van der Waals surface area contributed by atoms with E-state index in [-0.39, 0.29) is 0 Å². The van der Waals surface area contributed by atoms with Crippen LogP contribution in [0, 0.1) is 0 Å². The van der Waals surface area contributed by atoms with Gasteiger partial charge in [0.15, 0.2) is 7.29 Å². The average Bonchev–Trinajstić information content (AvgIpc) is 2.49. The third kappa shape index (κ3) is 1.79. The van der Waals surface area contributed by atoms with Crippen molar-refractivity contribution in [2.75, 3.05) is 13.1 Å². The molecule has 1 atom stereocenters. The van der Waals surface area contributed by atoms with Crippen LogP contribution in [0.1, 0.15) is 26.2 Å². The molecule has 0 saturated carbocycles. The summed E-state index contributed by atoms with van der Waals surface area (Å²) in [4.78, 5) is 0. The third-order valence-corrected chi connectivity index (χ3v) is 5.35. The lowest BCUT2D eigenvalue weighted by Gasteiger charge is -2.29. The first-order valence-corrected chi connectivity index (χ1v) is 6.74. The van der Waals surface area contributed by atoms with Gasteiger partial charge in [-0.2, -0.15) is 0 Å². The minimum absolute atomic E-state index is 1.01. The second kappa shape index (κ2) is 3.43. The molecule has 2 rings (SSSR count). The zero-order chi connectivity index (χ0) is 9.31. The van der Waals surface area contributed by atoms with Crippen molar-refractivity contribution in [3.8, 4) is 0 Å². The number of hydrogen-bond acceptors (Lipinski definition) is 1. The van der Waals surface area contributed by atoms with Crippen molar-refractivity contribution in [3.63, 3.8) is 0 Å². The largest absolute Gasteiger partial charge is 0.298 e. The molecule has 2 aliphatic heterocycles. The van der Waals surface area contributed by atoms with Gasteiger partial charge in [0.25, 0.3) is 0 Å². The third-order valence-electron chi connectivity index (χ3n) is 2.71. The van der Waals surface area contributed by atoms with E-state index in [1.165, 1.54) is 19.3 Å². The van der Waals surface area contributed by atoms with Crippen LogP contribution in [0.2, 0.25) is 0 Å². The highest BCUT2D eigenvalue weighted by atomic mass is 31.2. The van der Waals surface area contributed by atoms with Gasteiger partial charge in [-0.05, 0) is 37.0 Å². The van der Waals surface area contributed by atoms with Crippen molar-refractivity contribution < 1.29 is 4.57 Å². The van der Waals surface area contributed by atoms with Gasteiger partial charge in [-0.25, -0.2) is 4.67 Å². The van der Waals surface area contributed by atoms with E-state index in [2.05, 4.69) is 4.67 Å². The van der Waals surface area contributed by atoms with Gasteiger partial charge in [-0.1, -0.05) is 12.5 Å². The molecule has 0 aromatic rings. The minimum atomic E-state index is -2.21. The Balaban J connectivity index is 2.16. The lowest BCUT2D eigenvalue weighted by Crippen LogP contribution is -2.25. The summed E-state index contributed by atoms with van der Waals surface area (Å²) >= 11 is 0. The standard InChI is InChI=1S/C10H16NOP/c1-10-5-8-13(12,9-10)11-6-3-2-4-7-11/h5,8-9H,2-4,6-7H2,1H3. The molecule has 1 unspecified atom stereocenters. The van der Waals surface area contributed by atoms with Crippen LogP contribution in [-0.2, 0) is 4.57 Å². The van der Waals surface area contributed by atoms with Crippen LogP contribution in [-0.4, -0.2) is 17.8 Å². The van der Waals surface area contributed by atoms with Crippen molar-refractivity contribution in [2.24, 2.45) is 0 Å². The van der Waals surface area contributed by atoms with Gasteiger partial charge in [0.1, 0.15) is 0 Å². The van der Waals surface area contributed by atoms with Crippen molar-refractivity contribution in [3.05, 3.63) is 23.3 Å². The summed E-state index contributed by atoms with van der Waals surface area (Å²) in [6.07, 6.45) is 5.67. The molecule has 0 aromatic heterocycles. The molecule has 0 bridgehead atoms. The lowest BCUT2D eigenvalue weighted by atomic mass is 10.2. The topological polar surface area (TPSA) is 20.3 Å². The monoisotopic (exact) mass is 197 g/mol. The SMILES string of the molecule is CC1=CP(=O)(N2CCCCC2)C=C1. The lowest BCUT2D eigenvalue weighted by molar-refractivity contribution is 0.352. The smallest absolute Gasteiger partial charge is 0.193 e.